The molecule has 1 heterocycles. The minimum atomic E-state index is 0.683. The SMILES string of the molecule is CCn1cc(C#CCCCCl)cn1. The van der Waals surface area contributed by atoms with Crippen LogP contribution in [-0.2, 0) is 6.54 Å². The van der Waals surface area contributed by atoms with E-state index in [1.165, 1.54) is 0 Å². The summed E-state index contributed by atoms with van der Waals surface area (Å²) in [7, 11) is 0. The summed E-state index contributed by atoms with van der Waals surface area (Å²) in [6.07, 6.45) is 5.56. The quantitative estimate of drug-likeness (QED) is 0.412. The molecule has 0 saturated carbocycles. The maximum absolute atomic E-state index is 5.53. The van der Waals surface area contributed by atoms with E-state index in [2.05, 4.69) is 23.9 Å². The summed E-state index contributed by atoms with van der Waals surface area (Å²) in [5.74, 6) is 6.78. The van der Waals surface area contributed by atoms with Gasteiger partial charge in [0.05, 0.1) is 11.8 Å². The van der Waals surface area contributed by atoms with E-state index in [1.807, 2.05) is 10.9 Å². The fourth-order valence-electron chi connectivity index (χ4n) is 0.921. The number of nitrogens with zero attached hydrogens (tertiary/aromatic N) is 2. The lowest BCUT2D eigenvalue weighted by Gasteiger charge is -1.88. The van der Waals surface area contributed by atoms with Crippen molar-refractivity contribution in [2.75, 3.05) is 5.88 Å². The van der Waals surface area contributed by atoms with Crippen molar-refractivity contribution in [1.29, 1.82) is 0 Å². The Bertz CT molecular complexity index is 306. The molecule has 0 bridgehead atoms. The molecule has 0 radical (unpaired) electrons. The van der Waals surface area contributed by atoms with Crippen LogP contribution in [-0.4, -0.2) is 15.7 Å². The second-order valence-electron chi connectivity index (χ2n) is 2.68. The van der Waals surface area contributed by atoms with Gasteiger partial charge >= 0.3 is 0 Å². The summed E-state index contributed by atoms with van der Waals surface area (Å²) in [5.41, 5.74) is 0.983. The monoisotopic (exact) mass is 196 g/mol. The van der Waals surface area contributed by atoms with Crippen molar-refractivity contribution >= 4 is 11.6 Å². The minimum absolute atomic E-state index is 0.683. The zero-order chi connectivity index (χ0) is 9.52. The van der Waals surface area contributed by atoms with E-state index in [0.29, 0.717) is 5.88 Å². The fourth-order valence-corrected chi connectivity index (χ4v) is 1.05. The molecule has 0 aliphatic carbocycles. The molecule has 0 saturated heterocycles. The number of halogens is 1. The molecule has 0 unspecified atom stereocenters. The van der Waals surface area contributed by atoms with Crippen LogP contribution < -0.4 is 0 Å². The Kier molecular flexibility index (Phi) is 4.42. The van der Waals surface area contributed by atoms with E-state index in [0.717, 1.165) is 24.9 Å². The van der Waals surface area contributed by atoms with Gasteiger partial charge in [-0.05, 0) is 13.3 Å². The fraction of sp³-hybridized carbons (Fsp3) is 0.500. The summed E-state index contributed by atoms with van der Waals surface area (Å²) >= 11 is 5.53. The van der Waals surface area contributed by atoms with Crippen LogP contribution in [0.1, 0.15) is 25.3 Å². The van der Waals surface area contributed by atoms with Crippen LogP contribution in [0.5, 0.6) is 0 Å². The molecule has 0 fully saturated rings. The van der Waals surface area contributed by atoms with Crippen molar-refractivity contribution in [3.63, 3.8) is 0 Å². The maximum Gasteiger partial charge on any atom is 0.0646 e. The number of alkyl halides is 1. The molecule has 70 valence electrons. The molecule has 0 spiro atoms. The number of aryl methyl sites for hydroxylation is 1. The molecule has 13 heavy (non-hydrogen) atoms. The first-order valence-corrected chi connectivity index (χ1v) is 4.97. The summed E-state index contributed by atoms with van der Waals surface area (Å²) in [6, 6.07) is 0. The summed E-state index contributed by atoms with van der Waals surface area (Å²) in [5, 5.41) is 4.12. The topological polar surface area (TPSA) is 17.8 Å². The third-order valence-electron chi connectivity index (χ3n) is 1.63. The van der Waals surface area contributed by atoms with Crippen LogP contribution in [0.3, 0.4) is 0 Å². The summed E-state index contributed by atoms with van der Waals surface area (Å²) < 4.78 is 1.87. The first kappa shape index (κ1) is 10.1. The van der Waals surface area contributed by atoms with Gasteiger partial charge < -0.3 is 0 Å². The Morgan fingerprint density at radius 1 is 1.62 bits per heavy atom. The lowest BCUT2D eigenvalue weighted by atomic mass is 10.3. The van der Waals surface area contributed by atoms with Crippen molar-refractivity contribution in [2.45, 2.75) is 26.3 Å². The van der Waals surface area contributed by atoms with Crippen molar-refractivity contribution in [1.82, 2.24) is 9.78 Å². The predicted octanol–water partition coefficient (Wildman–Crippen LogP) is 2.27. The van der Waals surface area contributed by atoms with Gasteiger partial charge in [-0.2, -0.15) is 5.10 Å². The van der Waals surface area contributed by atoms with Gasteiger partial charge in [0.1, 0.15) is 0 Å². The van der Waals surface area contributed by atoms with E-state index in [1.54, 1.807) is 6.20 Å². The molecule has 1 aromatic rings. The molecule has 0 amide bonds. The molecule has 0 N–H and O–H groups in total. The zero-order valence-electron chi connectivity index (χ0n) is 7.76. The van der Waals surface area contributed by atoms with Crippen LogP contribution in [0.2, 0.25) is 0 Å². The zero-order valence-corrected chi connectivity index (χ0v) is 8.51. The normalized spacial score (nSPS) is 9.38. The Labute approximate surface area is 83.9 Å². The van der Waals surface area contributed by atoms with Crippen LogP contribution in [0.25, 0.3) is 0 Å². The maximum atomic E-state index is 5.53. The Morgan fingerprint density at radius 2 is 2.46 bits per heavy atom. The highest BCUT2D eigenvalue weighted by atomic mass is 35.5. The Balaban J connectivity index is 2.46. The smallest absolute Gasteiger partial charge is 0.0646 e. The second-order valence-corrected chi connectivity index (χ2v) is 3.06. The first-order valence-electron chi connectivity index (χ1n) is 4.44. The number of hydrogen-bond acceptors (Lipinski definition) is 1. The van der Waals surface area contributed by atoms with Crippen molar-refractivity contribution in [3.05, 3.63) is 18.0 Å². The summed E-state index contributed by atoms with van der Waals surface area (Å²) in [6.45, 7) is 2.95. The number of unbranched alkanes of at least 4 members (excludes halogenated alkanes) is 1. The van der Waals surface area contributed by atoms with Gasteiger partial charge in [-0.15, -0.1) is 11.6 Å². The average Bonchev–Trinajstić information content (AvgIpc) is 2.60. The van der Waals surface area contributed by atoms with E-state index in [4.69, 9.17) is 11.6 Å². The lowest BCUT2D eigenvalue weighted by molar-refractivity contribution is 0.660. The van der Waals surface area contributed by atoms with Gasteiger partial charge in [-0.25, -0.2) is 0 Å². The summed E-state index contributed by atoms with van der Waals surface area (Å²) in [4.78, 5) is 0. The van der Waals surface area contributed by atoms with Gasteiger partial charge in [0.15, 0.2) is 0 Å². The van der Waals surface area contributed by atoms with Crippen LogP contribution >= 0.6 is 11.6 Å². The van der Waals surface area contributed by atoms with E-state index < -0.39 is 0 Å². The molecular formula is C10H13ClN2. The molecule has 1 rings (SSSR count). The number of rotatable bonds is 3. The van der Waals surface area contributed by atoms with E-state index >= 15 is 0 Å². The van der Waals surface area contributed by atoms with Crippen LogP contribution in [0, 0.1) is 11.8 Å². The lowest BCUT2D eigenvalue weighted by Crippen LogP contribution is -1.91. The molecule has 1 aromatic heterocycles. The van der Waals surface area contributed by atoms with Crippen molar-refractivity contribution < 1.29 is 0 Å². The minimum Gasteiger partial charge on any atom is -0.272 e. The van der Waals surface area contributed by atoms with Gasteiger partial charge in [0, 0.05) is 25.0 Å². The van der Waals surface area contributed by atoms with Gasteiger partial charge in [0.2, 0.25) is 0 Å². The first-order chi connectivity index (χ1) is 6.36. The Hall–Kier alpha value is -0.940. The molecule has 3 heteroatoms. The molecule has 0 aliphatic heterocycles. The van der Waals surface area contributed by atoms with Gasteiger partial charge in [0.25, 0.3) is 0 Å². The third kappa shape index (κ3) is 3.52. The molecule has 0 aliphatic rings. The standard InChI is InChI=1S/C10H13ClN2/c1-2-13-9-10(8-12-13)6-4-3-5-7-11/h8-9H,2-3,5,7H2,1H3. The highest BCUT2D eigenvalue weighted by Gasteiger charge is 1.90. The largest absolute Gasteiger partial charge is 0.272 e. The van der Waals surface area contributed by atoms with Crippen molar-refractivity contribution in [2.24, 2.45) is 0 Å². The van der Waals surface area contributed by atoms with Crippen molar-refractivity contribution in [3.8, 4) is 11.8 Å². The molecular weight excluding hydrogens is 184 g/mol. The van der Waals surface area contributed by atoms with Crippen LogP contribution in [0.15, 0.2) is 12.4 Å². The third-order valence-corrected chi connectivity index (χ3v) is 1.89. The van der Waals surface area contributed by atoms with E-state index in [9.17, 15) is 0 Å². The highest BCUT2D eigenvalue weighted by Crippen LogP contribution is 1.95. The average molecular weight is 197 g/mol. The van der Waals surface area contributed by atoms with Gasteiger partial charge in [-0.3, -0.25) is 4.68 Å². The number of hydrogen-bond donors (Lipinski definition) is 0. The van der Waals surface area contributed by atoms with E-state index in [-0.39, 0.29) is 0 Å². The molecule has 0 aromatic carbocycles. The second kappa shape index (κ2) is 5.66. The van der Waals surface area contributed by atoms with Gasteiger partial charge in [-0.1, -0.05) is 11.8 Å². The molecule has 2 nitrogen and oxygen atoms in total. The predicted molar refractivity (Wildman–Crippen MR) is 54.7 cm³/mol. The van der Waals surface area contributed by atoms with Crippen LogP contribution in [0.4, 0.5) is 0 Å². The Morgan fingerprint density at radius 3 is 3.08 bits per heavy atom. The highest BCUT2D eigenvalue weighted by molar-refractivity contribution is 6.17. The molecule has 0 atom stereocenters. The number of aromatic nitrogens is 2.